The van der Waals surface area contributed by atoms with Crippen LogP contribution in [0.5, 0.6) is 0 Å². The first kappa shape index (κ1) is 11.0. The summed E-state index contributed by atoms with van der Waals surface area (Å²) in [6.07, 6.45) is 0. The summed E-state index contributed by atoms with van der Waals surface area (Å²) in [4.78, 5) is 36.7. The number of para-hydroxylation sites is 1. The Balaban J connectivity index is 2.25. The van der Waals surface area contributed by atoms with Crippen LogP contribution in [0.2, 0.25) is 0 Å². The molecule has 1 fully saturated rings. The Bertz CT molecular complexity index is 636. The smallest absolute Gasteiger partial charge is 0.290 e. The number of amides is 3. The van der Waals surface area contributed by atoms with E-state index in [1.165, 1.54) is 4.90 Å². The molecule has 5 nitrogen and oxygen atoms in total. The lowest BCUT2D eigenvalue weighted by Gasteiger charge is -2.08. The van der Waals surface area contributed by atoms with E-state index in [0.29, 0.717) is 11.1 Å². The molecule has 2 aliphatic rings. The van der Waals surface area contributed by atoms with Gasteiger partial charge in [-0.1, -0.05) is 18.2 Å². The summed E-state index contributed by atoms with van der Waals surface area (Å²) >= 11 is 0.773. The highest BCUT2D eigenvalue weighted by Gasteiger charge is 2.38. The number of imide groups is 1. The Hall–Kier alpha value is -2.08. The number of likely N-dealkylation sites (N-methyl/N-ethyl adjacent to an activating group) is 1. The van der Waals surface area contributed by atoms with Crippen molar-refractivity contribution in [1.82, 2.24) is 5.32 Å². The number of fused-ring (bicyclic) bond motifs is 1. The SMILES string of the molecule is CN1C(=O)/C(=C2/SC(=O)NC2=O)c2ccccc21. The van der Waals surface area contributed by atoms with Crippen molar-refractivity contribution in [2.75, 3.05) is 11.9 Å². The Morgan fingerprint density at radius 1 is 1.17 bits per heavy atom. The van der Waals surface area contributed by atoms with Crippen LogP contribution in [-0.2, 0) is 9.59 Å². The van der Waals surface area contributed by atoms with E-state index in [1.807, 2.05) is 6.07 Å². The van der Waals surface area contributed by atoms with Gasteiger partial charge in [-0.15, -0.1) is 0 Å². The van der Waals surface area contributed by atoms with Gasteiger partial charge in [0.15, 0.2) is 0 Å². The number of hydrogen-bond donors (Lipinski definition) is 1. The van der Waals surface area contributed by atoms with Crippen molar-refractivity contribution in [3.8, 4) is 0 Å². The van der Waals surface area contributed by atoms with E-state index in [9.17, 15) is 14.4 Å². The van der Waals surface area contributed by atoms with Crippen LogP contribution < -0.4 is 10.2 Å². The third-order valence-corrected chi connectivity index (χ3v) is 3.78. The molecule has 1 aromatic carbocycles. The fraction of sp³-hybridized carbons (Fsp3) is 0.0833. The number of carbonyl (C=O) groups excluding carboxylic acids is 3. The van der Waals surface area contributed by atoms with Crippen molar-refractivity contribution in [2.24, 2.45) is 0 Å². The summed E-state index contributed by atoms with van der Waals surface area (Å²) < 4.78 is 0. The third-order valence-electron chi connectivity index (χ3n) is 2.90. The van der Waals surface area contributed by atoms with Gasteiger partial charge in [0.2, 0.25) is 0 Å². The lowest BCUT2D eigenvalue weighted by molar-refractivity contribution is -0.116. The predicted molar refractivity (Wildman–Crippen MR) is 67.9 cm³/mol. The molecule has 0 spiro atoms. The Morgan fingerprint density at radius 3 is 2.56 bits per heavy atom. The Morgan fingerprint density at radius 2 is 1.89 bits per heavy atom. The Labute approximate surface area is 107 Å². The second kappa shape index (κ2) is 3.71. The first-order valence-electron chi connectivity index (χ1n) is 5.24. The molecular weight excluding hydrogens is 252 g/mol. The molecule has 1 N–H and O–H groups in total. The third kappa shape index (κ3) is 1.39. The van der Waals surface area contributed by atoms with E-state index in [-0.39, 0.29) is 10.8 Å². The van der Waals surface area contributed by atoms with Crippen LogP contribution in [0.3, 0.4) is 0 Å². The number of anilines is 1. The number of rotatable bonds is 0. The molecule has 1 aromatic rings. The second-order valence-electron chi connectivity index (χ2n) is 3.93. The van der Waals surface area contributed by atoms with Gasteiger partial charge in [-0.05, 0) is 17.8 Å². The highest BCUT2D eigenvalue weighted by Crippen LogP contribution is 2.41. The number of carbonyl (C=O) groups is 3. The molecule has 2 aliphatic heterocycles. The average Bonchev–Trinajstić information content (AvgIpc) is 2.79. The molecule has 0 radical (unpaired) electrons. The zero-order chi connectivity index (χ0) is 12.9. The summed E-state index contributed by atoms with van der Waals surface area (Å²) in [6.45, 7) is 0. The van der Waals surface area contributed by atoms with Crippen LogP contribution in [0, 0.1) is 0 Å². The molecule has 1 saturated heterocycles. The zero-order valence-electron chi connectivity index (χ0n) is 9.39. The van der Waals surface area contributed by atoms with E-state index in [1.54, 1.807) is 25.2 Å². The van der Waals surface area contributed by atoms with Gasteiger partial charge < -0.3 is 4.90 Å². The lowest BCUT2D eigenvalue weighted by atomic mass is 10.1. The number of nitrogens with zero attached hydrogens (tertiary/aromatic N) is 1. The van der Waals surface area contributed by atoms with Crippen molar-refractivity contribution in [3.63, 3.8) is 0 Å². The van der Waals surface area contributed by atoms with Crippen molar-refractivity contribution < 1.29 is 14.4 Å². The summed E-state index contributed by atoms with van der Waals surface area (Å²) in [6, 6.07) is 7.20. The minimum Gasteiger partial charge on any atom is -0.311 e. The summed E-state index contributed by atoms with van der Waals surface area (Å²) in [5.41, 5.74) is 1.75. The molecule has 2 heterocycles. The fourth-order valence-corrected chi connectivity index (χ4v) is 2.84. The molecule has 0 saturated carbocycles. The van der Waals surface area contributed by atoms with E-state index >= 15 is 0 Å². The number of hydrogen-bond acceptors (Lipinski definition) is 4. The first-order chi connectivity index (χ1) is 8.59. The molecule has 3 amide bonds. The lowest BCUT2D eigenvalue weighted by Crippen LogP contribution is -2.22. The van der Waals surface area contributed by atoms with Crippen molar-refractivity contribution in [1.29, 1.82) is 0 Å². The Kier molecular flexibility index (Phi) is 2.27. The number of nitrogens with one attached hydrogen (secondary N) is 1. The molecule has 0 aromatic heterocycles. The van der Waals surface area contributed by atoms with Crippen molar-refractivity contribution in [2.45, 2.75) is 0 Å². The molecule has 3 rings (SSSR count). The number of thioether (sulfide) groups is 1. The van der Waals surface area contributed by atoms with Gasteiger partial charge in [-0.2, -0.15) is 0 Å². The van der Waals surface area contributed by atoms with E-state index in [4.69, 9.17) is 0 Å². The summed E-state index contributed by atoms with van der Waals surface area (Å²) in [7, 11) is 1.65. The minimum atomic E-state index is -0.501. The van der Waals surface area contributed by atoms with E-state index < -0.39 is 11.1 Å². The highest BCUT2D eigenvalue weighted by molar-refractivity contribution is 8.18. The van der Waals surface area contributed by atoms with Gasteiger partial charge in [-0.3, -0.25) is 19.7 Å². The minimum absolute atomic E-state index is 0.182. The van der Waals surface area contributed by atoms with Crippen molar-refractivity contribution in [3.05, 3.63) is 34.7 Å². The standard InChI is InChI=1S/C12H8N2O3S/c1-14-7-5-3-2-4-6(7)8(11(14)16)9-10(15)13-12(17)18-9/h2-5H,1H3,(H,13,15,17)/b9-8+. The van der Waals surface area contributed by atoms with Gasteiger partial charge >= 0.3 is 0 Å². The monoisotopic (exact) mass is 260 g/mol. The topological polar surface area (TPSA) is 66.5 Å². The van der Waals surface area contributed by atoms with Gasteiger partial charge in [0, 0.05) is 12.6 Å². The molecule has 0 aliphatic carbocycles. The van der Waals surface area contributed by atoms with Crippen LogP contribution in [0.1, 0.15) is 5.56 Å². The summed E-state index contributed by atoms with van der Waals surface area (Å²) in [5, 5.41) is 1.72. The molecule has 0 bridgehead atoms. The van der Waals surface area contributed by atoms with Gasteiger partial charge in [-0.25, -0.2) is 0 Å². The van der Waals surface area contributed by atoms with Gasteiger partial charge in [0.25, 0.3) is 17.1 Å². The van der Waals surface area contributed by atoms with E-state index in [2.05, 4.69) is 5.32 Å². The average molecular weight is 260 g/mol. The maximum absolute atomic E-state index is 12.2. The van der Waals surface area contributed by atoms with Crippen molar-refractivity contribution >= 4 is 40.1 Å². The highest BCUT2D eigenvalue weighted by atomic mass is 32.2. The molecule has 18 heavy (non-hydrogen) atoms. The molecular formula is C12H8N2O3S. The molecule has 0 unspecified atom stereocenters. The van der Waals surface area contributed by atoms with E-state index in [0.717, 1.165) is 17.4 Å². The second-order valence-corrected chi connectivity index (χ2v) is 4.91. The predicted octanol–water partition coefficient (Wildman–Crippen LogP) is 1.36. The molecule has 0 atom stereocenters. The summed E-state index contributed by atoms with van der Waals surface area (Å²) in [5.74, 6) is -0.762. The van der Waals surface area contributed by atoms with Gasteiger partial charge in [0.1, 0.15) is 0 Å². The first-order valence-corrected chi connectivity index (χ1v) is 6.06. The molecule has 90 valence electrons. The largest absolute Gasteiger partial charge is 0.311 e. The van der Waals surface area contributed by atoms with Crippen LogP contribution in [0.4, 0.5) is 10.5 Å². The zero-order valence-corrected chi connectivity index (χ0v) is 10.2. The molecule has 6 heteroatoms. The quantitative estimate of drug-likeness (QED) is 0.715. The fourth-order valence-electron chi connectivity index (χ4n) is 2.07. The maximum atomic E-state index is 12.2. The van der Waals surface area contributed by atoms with Crippen LogP contribution in [0.25, 0.3) is 5.57 Å². The normalized spacial score (nSPS) is 22.5. The number of benzene rings is 1. The van der Waals surface area contributed by atoms with Crippen LogP contribution in [-0.4, -0.2) is 24.1 Å². The van der Waals surface area contributed by atoms with Gasteiger partial charge in [0.05, 0.1) is 16.2 Å². The van der Waals surface area contributed by atoms with Crippen LogP contribution >= 0.6 is 11.8 Å². The van der Waals surface area contributed by atoms with Crippen LogP contribution in [0.15, 0.2) is 29.2 Å². The maximum Gasteiger partial charge on any atom is 0.290 e.